The first-order valence-corrected chi connectivity index (χ1v) is 11.6. The van der Waals surface area contributed by atoms with Crippen molar-refractivity contribution in [2.24, 2.45) is 11.8 Å². The third-order valence-electron chi connectivity index (χ3n) is 5.84. The van der Waals surface area contributed by atoms with Gasteiger partial charge in [0.05, 0.1) is 10.5 Å². The van der Waals surface area contributed by atoms with E-state index in [-0.39, 0.29) is 18.4 Å². The number of carbonyl (C=O) groups is 1. The Morgan fingerprint density at radius 2 is 1.53 bits per heavy atom. The third-order valence-corrected chi connectivity index (χ3v) is 5.84. The molecule has 0 heterocycles. The van der Waals surface area contributed by atoms with Crippen molar-refractivity contribution in [2.75, 3.05) is 13.1 Å². The van der Waals surface area contributed by atoms with E-state index in [0.717, 1.165) is 51.4 Å². The molecule has 0 aromatic heterocycles. The van der Waals surface area contributed by atoms with E-state index in [1.807, 2.05) is 4.90 Å². The van der Waals surface area contributed by atoms with Crippen LogP contribution in [0.3, 0.4) is 0 Å². The van der Waals surface area contributed by atoms with E-state index >= 15 is 0 Å². The van der Waals surface area contributed by atoms with Crippen molar-refractivity contribution < 1.29 is 14.5 Å². The number of nitro benzene ring substituents is 1. The topological polar surface area (TPSA) is 72.7 Å². The average Bonchev–Trinajstić information content (AvgIpc) is 2.76. The van der Waals surface area contributed by atoms with Crippen LogP contribution in [0.1, 0.15) is 84.6 Å². The number of benzene rings is 1. The molecule has 1 aromatic carbocycles. The van der Waals surface area contributed by atoms with Gasteiger partial charge in [-0.15, -0.1) is 0 Å². The van der Waals surface area contributed by atoms with E-state index in [9.17, 15) is 14.9 Å². The quantitative estimate of drug-likeness (QED) is 0.227. The first kappa shape index (κ1) is 25.9. The van der Waals surface area contributed by atoms with Gasteiger partial charge in [-0.25, -0.2) is 4.79 Å². The van der Waals surface area contributed by atoms with Gasteiger partial charge in [0.15, 0.2) is 0 Å². The van der Waals surface area contributed by atoms with Crippen LogP contribution in [0.4, 0.5) is 10.5 Å². The number of hydrogen-bond acceptors (Lipinski definition) is 4. The molecule has 2 unspecified atom stereocenters. The predicted molar refractivity (Wildman–Crippen MR) is 121 cm³/mol. The van der Waals surface area contributed by atoms with Crippen LogP contribution < -0.4 is 0 Å². The van der Waals surface area contributed by atoms with Gasteiger partial charge in [-0.05, 0) is 30.7 Å². The van der Waals surface area contributed by atoms with E-state index in [1.165, 1.54) is 6.07 Å². The van der Waals surface area contributed by atoms with Crippen LogP contribution in [-0.4, -0.2) is 29.0 Å². The SMILES string of the molecule is CCCCC(CC)CN(CC(CC)CCCC)C(=O)OCc1ccccc1[N+](=O)[O-]. The molecule has 0 fully saturated rings. The van der Waals surface area contributed by atoms with Crippen LogP contribution in [0.25, 0.3) is 0 Å². The van der Waals surface area contributed by atoms with E-state index < -0.39 is 4.92 Å². The molecule has 6 heteroatoms. The Morgan fingerprint density at radius 1 is 1.00 bits per heavy atom. The van der Waals surface area contributed by atoms with Crippen molar-refractivity contribution in [1.82, 2.24) is 4.90 Å². The Labute approximate surface area is 182 Å². The number of carbonyl (C=O) groups excluding carboxylic acids is 1. The minimum Gasteiger partial charge on any atom is -0.444 e. The Balaban J connectivity index is 2.87. The lowest BCUT2D eigenvalue weighted by Crippen LogP contribution is -2.39. The molecule has 170 valence electrons. The standard InChI is InChI=1S/C24H40N2O4/c1-5-9-13-20(7-3)17-25(18-21(8-4)14-10-6-2)24(27)30-19-22-15-11-12-16-23(22)26(28)29/h11-12,15-16,20-21H,5-10,13-14,17-19H2,1-4H3. The summed E-state index contributed by atoms with van der Waals surface area (Å²) >= 11 is 0. The Morgan fingerprint density at radius 3 is 2.00 bits per heavy atom. The molecule has 30 heavy (non-hydrogen) atoms. The summed E-state index contributed by atoms with van der Waals surface area (Å²) in [6.45, 7) is 10.0. The molecule has 1 amide bonds. The zero-order chi connectivity index (χ0) is 22.4. The second-order valence-corrected chi connectivity index (χ2v) is 8.18. The monoisotopic (exact) mass is 420 g/mol. The van der Waals surface area contributed by atoms with Crippen molar-refractivity contribution >= 4 is 11.8 Å². The molecule has 1 aromatic rings. The number of nitrogens with zero attached hydrogens (tertiary/aromatic N) is 2. The van der Waals surface area contributed by atoms with Gasteiger partial charge in [0.25, 0.3) is 5.69 Å². The molecule has 0 saturated carbocycles. The van der Waals surface area contributed by atoms with E-state index in [1.54, 1.807) is 18.2 Å². The molecular formula is C24H40N2O4. The molecule has 1 rings (SSSR count). The molecule has 2 atom stereocenters. The summed E-state index contributed by atoms with van der Waals surface area (Å²) < 4.78 is 5.56. The van der Waals surface area contributed by atoms with Crippen LogP contribution in [0.2, 0.25) is 0 Å². The molecular weight excluding hydrogens is 380 g/mol. The second kappa shape index (κ2) is 14.8. The summed E-state index contributed by atoms with van der Waals surface area (Å²) in [7, 11) is 0. The maximum atomic E-state index is 13.0. The summed E-state index contributed by atoms with van der Waals surface area (Å²) in [6, 6.07) is 6.43. The van der Waals surface area contributed by atoms with E-state index in [2.05, 4.69) is 27.7 Å². The van der Waals surface area contributed by atoms with Gasteiger partial charge < -0.3 is 9.64 Å². The number of ether oxygens (including phenoxy) is 1. The van der Waals surface area contributed by atoms with Gasteiger partial charge in [0, 0.05) is 19.2 Å². The Bertz CT molecular complexity index is 617. The highest BCUT2D eigenvalue weighted by molar-refractivity contribution is 5.67. The molecule has 0 aliphatic rings. The van der Waals surface area contributed by atoms with Crippen molar-refractivity contribution in [3.63, 3.8) is 0 Å². The zero-order valence-electron chi connectivity index (χ0n) is 19.3. The smallest absolute Gasteiger partial charge is 0.410 e. The van der Waals surface area contributed by atoms with Crippen LogP contribution in [0.5, 0.6) is 0 Å². The summed E-state index contributed by atoms with van der Waals surface area (Å²) in [5, 5.41) is 11.2. The third kappa shape index (κ3) is 9.14. The molecule has 0 bridgehead atoms. The highest BCUT2D eigenvalue weighted by Gasteiger charge is 2.23. The molecule has 0 spiro atoms. The number of rotatable bonds is 15. The average molecular weight is 421 g/mol. The van der Waals surface area contributed by atoms with Crippen molar-refractivity contribution in [3.8, 4) is 0 Å². The first-order valence-electron chi connectivity index (χ1n) is 11.6. The lowest BCUT2D eigenvalue weighted by Gasteiger charge is -2.30. The molecule has 6 nitrogen and oxygen atoms in total. The van der Waals surface area contributed by atoms with Crippen LogP contribution >= 0.6 is 0 Å². The second-order valence-electron chi connectivity index (χ2n) is 8.18. The summed E-state index contributed by atoms with van der Waals surface area (Å²) in [4.78, 5) is 25.6. The zero-order valence-corrected chi connectivity index (χ0v) is 19.3. The highest BCUT2D eigenvalue weighted by atomic mass is 16.6. The predicted octanol–water partition coefficient (Wildman–Crippen LogP) is 6.97. The summed E-state index contributed by atoms with van der Waals surface area (Å²) in [5.74, 6) is 0.902. The van der Waals surface area contributed by atoms with Crippen LogP contribution in [0, 0.1) is 22.0 Å². The van der Waals surface area contributed by atoms with Gasteiger partial charge >= 0.3 is 6.09 Å². The number of amides is 1. The Kier molecular flexibility index (Phi) is 12.8. The van der Waals surface area contributed by atoms with Crippen molar-refractivity contribution in [3.05, 3.63) is 39.9 Å². The maximum Gasteiger partial charge on any atom is 0.410 e. The summed E-state index contributed by atoms with van der Waals surface area (Å²) in [5.41, 5.74) is 0.410. The maximum absolute atomic E-state index is 13.0. The highest BCUT2D eigenvalue weighted by Crippen LogP contribution is 2.22. The molecule has 0 aliphatic heterocycles. The first-order chi connectivity index (χ1) is 14.5. The largest absolute Gasteiger partial charge is 0.444 e. The van der Waals surface area contributed by atoms with Gasteiger partial charge in [0.1, 0.15) is 6.61 Å². The minimum atomic E-state index is -0.434. The van der Waals surface area contributed by atoms with Crippen molar-refractivity contribution in [2.45, 2.75) is 85.7 Å². The summed E-state index contributed by atoms with van der Waals surface area (Å²) in [6.07, 6.45) is 8.51. The molecule has 0 N–H and O–H groups in total. The normalized spacial score (nSPS) is 12.9. The fourth-order valence-corrected chi connectivity index (χ4v) is 3.72. The lowest BCUT2D eigenvalue weighted by molar-refractivity contribution is -0.385. The van der Waals surface area contributed by atoms with Gasteiger partial charge in [-0.2, -0.15) is 0 Å². The van der Waals surface area contributed by atoms with E-state index in [4.69, 9.17) is 4.74 Å². The number of hydrogen-bond donors (Lipinski definition) is 0. The van der Waals surface area contributed by atoms with Crippen LogP contribution in [-0.2, 0) is 11.3 Å². The molecule has 0 saturated heterocycles. The Hall–Kier alpha value is -2.11. The minimum absolute atomic E-state index is 0.0133. The number of para-hydroxylation sites is 1. The van der Waals surface area contributed by atoms with Gasteiger partial charge in [0.2, 0.25) is 0 Å². The van der Waals surface area contributed by atoms with Gasteiger partial charge in [-0.1, -0.05) is 78.4 Å². The molecule has 0 radical (unpaired) electrons. The fourth-order valence-electron chi connectivity index (χ4n) is 3.72. The van der Waals surface area contributed by atoms with Gasteiger partial charge in [-0.3, -0.25) is 10.1 Å². The lowest BCUT2D eigenvalue weighted by atomic mass is 9.96. The van der Waals surface area contributed by atoms with E-state index in [0.29, 0.717) is 30.5 Å². The number of nitro groups is 1. The van der Waals surface area contributed by atoms with Crippen LogP contribution in [0.15, 0.2) is 24.3 Å². The molecule has 0 aliphatic carbocycles. The number of unbranched alkanes of at least 4 members (excludes halogenated alkanes) is 2. The van der Waals surface area contributed by atoms with Crippen molar-refractivity contribution in [1.29, 1.82) is 0 Å². The fraction of sp³-hybridized carbons (Fsp3) is 0.708.